The zero-order valence-electron chi connectivity index (χ0n) is 15.5. The zero-order valence-corrected chi connectivity index (χ0v) is 15.5. The van der Waals surface area contributed by atoms with Gasteiger partial charge in [0.25, 0.3) is 0 Å². The summed E-state index contributed by atoms with van der Waals surface area (Å²) in [7, 11) is 0. The molecule has 0 atom stereocenters. The molecule has 0 saturated carbocycles. The summed E-state index contributed by atoms with van der Waals surface area (Å²) < 4.78 is 11.4. The second-order valence-electron chi connectivity index (χ2n) is 7.02. The maximum absolute atomic E-state index is 12.4. The average Bonchev–Trinajstić information content (AvgIpc) is 2.68. The van der Waals surface area contributed by atoms with Crippen LogP contribution in [0, 0.1) is 6.92 Å². The molecule has 1 aliphatic heterocycles. The molecule has 1 aromatic heterocycles. The molecule has 4 rings (SSSR count). The first-order valence-electron chi connectivity index (χ1n) is 9.27. The van der Waals surface area contributed by atoms with Crippen LogP contribution in [0.5, 0.6) is 5.75 Å². The lowest BCUT2D eigenvalue weighted by Crippen LogP contribution is -2.30. The molecule has 0 bridgehead atoms. The molecular weight excluding hydrogens is 338 g/mol. The third-order valence-electron chi connectivity index (χ3n) is 5.09. The molecule has 3 aromatic rings. The standard InChI is InChI=1S/C23H23NO3/c1-17-6-2-3-9-20(17)15-27-23-16-26-21(12-22(23)25)14-24-11-10-18-7-4-5-8-19(18)13-24/h2-9,12,16H,10-11,13-15H2,1H3. The van der Waals surface area contributed by atoms with Gasteiger partial charge in [-0.15, -0.1) is 0 Å². The second kappa shape index (κ2) is 7.80. The number of aryl methyl sites for hydroxylation is 1. The second-order valence-corrected chi connectivity index (χ2v) is 7.02. The molecule has 0 amide bonds. The molecule has 1 aliphatic rings. The molecule has 0 spiro atoms. The highest BCUT2D eigenvalue weighted by atomic mass is 16.5. The fourth-order valence-electron chi connectivity index (χ4n) is 3.46. The minimum Gasteiger partial charge on any atom is -0.482 e. The molecule has 0 fully saturated rings. The van der Waals surface area contributed by atoms with Crippen molar-refractivity contribution in [2.45, 2.75) is 33.0 Å². The number of nitrogens with zero attached hydrogens (tertiary/aromatic N) is 1. The van der Waals surface area contributed by atoms with Crippen molar-refractivity contribution in [3.63, 3.8) is 0 Å². The van der Waals surface area contributed by atoms with Crippen molar-refractivity contribution in [3.8, 4) is 5.75 Å². The van der Waals surface area contributed by atoms with Crippen LogP contribution in [0.15, 0.2) is 70.1 Å². The fourth-order valence-corrected chi connectivity index (χ4v) is 3.46. The Kier molecular flexibility index (Phi) is 5.07. The van der Waals surface area contributed by atoms with Crippen molar-refractivity contribution >= 4 is 0 Å². The zero-order chi connectivity index (χ0) is 18.6. The largest absolute Gasteiger partial charge is 0.482 e. The number of rotatable bonds is 5. The van der Waals surface area contributed by atoms with Gasteiger partial charge in [-0.25, -0.2) is 0 Å². The summed E-state index contributed by atoms with van der Waals surface area (Å²) in [6.45, 7) is 4.86. The van der Waals surface area contributed by atoms with Crippen molar-refractivity contribution in [1.29, 1.82) is 0 Å². The topological polar surface area (TPSA) is 42.7 Å². The highest BCUT2D eigenvalue weighted by molar-refractivity contribution is 5.29. The van der Waals surface area contributed by atoms with Crippen LogP contribution in [0.4, 0.5) is 0 Å². The van der Waals surface area contributed by atoms with Gasteiger partial charge in [0, 0.05) is 19.2 Å². The van der Waals surface area contributed by atoms with Crippen molar-refractivity contribution in [3.05, 3.63) is 99.1 Å². The van der Waals surface area contributed by atoms with Gasteiger partial charge in [-0.05, 0) is 35.6 Å². The normalized spacial score (nSPS) is 14.0. The van der Waals surface area contributed by atoms with Crippen LogP contribution in [-0.4, -0.2) is 11.4 Å². The number of hydrogen-bond acceptors (Lipinski definition) is 4. The molecular formula is C23H23NO3. The fraction of sp³-hybridized carbons (Fsp3) is 0.261. The summed E-state index contributed by atoms with van der Waals surface area (Å²) in [5, 5.41) is 0. The molecule has 4 nitrogen and oxygen atoms in total. The maximum atomic E-state index is 12.4. The highest BCUT2D eigenvalue weighted by Gasteiger charge is 2.17. The van der Waals surface area contributed by atoms with E-state index in [0.29, 0.717) is 18.9 Å². The van der Waals surface area contributed by atoms with E-state index in [9.17, 15) is 4.79 Å². The van der Waals surface area contributed by atoms with Crippen LogP contribution in [0.2, 0.25) is 0 Å². The van der Waals surface area contributed by atoms with Crippen LogP contribution >= 0.6 is 0 Å². The molecule has 138 valence electrons. The monoisotopic (exact) mass is 361 g/mol. The first kappa shape index (κ1) is 17.6. The summed E-state index contributed by atoms with van der Waals surface area (Å²) >= 11 is 0. The minimum absolute atomic E-state index is 0.137. The third-order valence-corrected chi connectivity index (χ3v) is 5.09. The summed E-state index contributed by atoms with van der Waals surface area (Å²) in [6.07, 6.45) is 2.46. The van der Waals surface area contributed by atoms with E-state index in [1.54, 1.807) is 6.07 Å². The van der Waals surface area contributed by atoms with E-state index in [4.69, 9.17) is 9.15 Å². The molecule has 4 heteroatoms. The Morgan fingerprint density at radius 1 is 1.07 bits per heavy atom. The number of ether oxygens (including phenoxy) is 1. The molecule has 0 radical (unpaired) electrons. The number of fused-ring (bicyclic) bond motifs is 1. The molecule has 0 aliphatic carbocycles. The Morgan fingerprint density at radius 3 is 2.67 bits per heavy atom. The summed E-state index contributed by atoms with van der Waals surface area (Å²) in [6, 6.07) is 18.0. The van der Waals surface area contributed by atoms with Gasteiger partial charge >= 0.3 is 0 Å². The van der Waals surface area contributed by atoms with Crippen molar-refractivity contribution in [1.82, 2.24) is 4.90 Å². The Bertz CT molecular complexity index is 993. The molecule has 0 unspecified atom stereocenters. The summed E-state index contributed by atoms with van der Waals surface area (Å²) in [5.41, 5.74) is 4.83. The average molecular weight is 361 g/mol. The van der Waals surface area contributed by atoms with Gasteiger partial charge in [0.2, 0.25) is 11.2 Å². The number of benzene rings is 2. The molecule has 0 N–H and O–H groups in total. The van der Waals surface area contributed by atoms with Crippen LogP contribution < -0.4 is 10.2 Å². The van der Waals surface area contributed by atoms with Crippen LogP contribution in [-0.2, 0) is 26.1 Å². The summed E-state index contributed by atoms with van der Waals surface area (Å²) in [5.74, 6) is 0.925. The van der Waals surface area contributed by atoms with Crippen molar-refractivity contribution in [2.24, 2.45) is 0 Å². The Hall–Kier alpha value is -2.85. The van der Waals surface area contributed by atoms with Crippen LogP contribution in [0.3, 0.4) is 0 Å². The first-order chi connectivity index (χ1) is 13.2. The number of hydrogen-bond donors (Lipinski definition) is 0. The van der Waals surface area contributed by atoms with Gasteiger partial charge < -0.3 is 9.15 Å². The van der Waals surface area contributed by atoms with E-state index in [-0.39, 0.29) is 11.2 Å². The lowest BCUT2D eigenvalue weighted by Gasteiger charge is -2.28. The quantitative estimate of drug-likeness (QED) is 0.687. The van der Waals surface area contributed by atoms with Gasteiger partial charge in [-0.1, -0.05) is 48.5 Å². The lowest BCUT2D eigenvalue weighted by molar-refractivity contribution is 0.220. The van der Waals surface area contributed by atoms with E-state index < -0.39 is 0 Å². The Morgan fingerprint density at radius 2 is 1.85 bits per heavy atom. The predicted octanol–water partition coefficient (Wildman–Crippen LogP) is 4.09. The SMILES string of the molecule is Cc1ccccc1COc1coc(CN2CCc3ccccc3C2)cc1=O. The molecule has 2 heterocycles. The Labute approximate surface area is 159 Å². The summed E-state index contributed by atoms with van der Waals surface area (Å²) in [4.78, 5) is 14.7. The molecule has 0 saturated heterocycles. The highest BCUT2D eigenvalue weighted by Crippen LogP contribution is 2.20. The van der Waals surface area contributed by atoms with E-state index in [1.807, 2.05) is 31.2 Å². The van der Waals surface area contributed by atoms with E-state index in [1.165, 1.54) is 17.4 Å². The molecule has 27 heavy (non-hydrogen) atoms. The maximum Gasteiger partial charge on any atom is 0.227 e. The van der Waals surface area contributed by atoms with Gasteiger partial charge in [0.15, 0.2) is 0 Å². The van der Waals surface area contributed by atoms with Crippen LogP contribution in [0.25, 0.3) is 0 Å². The van der Waals surface area contributed by atoms with Gasteiger partial charge in [0.05, 0.1) is 6.54 Å². The minimum atomic E-state index is -0.137. The van der Waals surface area contributed by atoms with Crippen molar-refractivity contribution in [2.75, 3.05) is 6.54 Å². The van der Waals surface area contributed by atoms with E-state index in [2.05, 4.69) is 29.2 Å². The van der Waals surface area contributed by atoms with Gasteiger partial charge in [0.1, 0.15) is 18.6 Å². The van der Waals surface area contributed by atoms with Gasteiger partial charge in [-0.3, -0.25) is 9.69 Å². The van der Waals surface area contributed by atoms with Crippen LogP contribution in [0.1, 0.15) is 28.0 Å². The van der Waals surface area contributed by atoms with Crippen molar-refractivity contribution < 1.29 is 9.15 Å². The lowest BCUT2D eigenvalue weighted by atomic mass is 10.00. The molecule has 2 aromatic carbocycles. The van der Waals surface area contributed by atoms with E-state index in [0.717, 1.165) is 30.6 Å². The van der Waals surface area contributed by atoms with E-state index >= 15 is 0 Å². The predicted molar refractivity (Wildman–Crippen MR) is 105 cm³/mol. The smallest absolute Gasteiger partial charge is 0.227 e. The van der Waals surface area contributed by atoms with Gasteiger partial charge in [-0.2, -0.15) is 0 Å². The third kappa shape index (κ3) is 4.12. The Balaban J connectivity index is 1.40. The first-order valence-corrected chi connectivity index (χ1v) is 9.27.